The van der Waals surface area contributed by atoms with Crippen molar-refractivity contribution in [3.8, 4) is 26.6 Å². The molecule has 0 unspecified atom stereocenters. The minimum atomic E-state index is -0.779. The number of aryl methyl sites for hydroxylation is 5. The van der Waals surface area contributed by atoms with Crippen LogP contribution in [0.3, 0.4) is 0 Å². The van der Waals surface area contributed by atoms with Gasteiger partial charge in [-0.2, -0.15) is 0 Å². The van der Waals surface area contributed by atoms with Gasteiger partial charge in [0.1, 0.15) is 23.9 Å². The number of nitrogens with zero attached hydrogens (tertiary/aromatic N) is 7. The van der Waals surface area contributed by atoms with Crippen molar-refractivity contribution in [3.63, 3.8) is 0 Å². The van der Waals surface area contributed by atoms with Crippen LogP contribution in [0.1, 0.15) is 185 Å². The van der Waals surface area contributed by atoms with Crippen LogP contribution in [0.4, 0.5) is 0 Å². The fourth-order valence-corrected chi connectivity index (χ4v) is 18.6. The smallest absolute Gasteiger partial charge is 0.258 e. The number of β-amino-alcohol motifs (C(OH)–C–C–N with tert-alkyl or cyclic N) is 3. The second-order valence-electron chi connectivity index (χ2n) is 32.6. The molecule has 3 saturated heterocycles. The van der Waals surface area contributed by atoms with Crippen molar-refractivity contribution < 1.29 is 63.2 Å². The number of hydrogen-bond acceptors (Lipinski definition) is 17. The SMILES string of the molecule is CC(C)[C@@H](C(=O)N1C[C@H](O)C[C@H]1C(=O)CCc1ccc(Br)cc1)N1Cc2ccccc2C1=O.COc1cccc2c1C(=O)N([C@H](C(=O)N1C[C@H](O)C[C@H]1C(=O)CCc1ccc(-c3scnc3C)cc1)C(C)C)C2.Cc1ncsc1-c1ccc(CCC(=O)[C@@H]2C[C@@H](O)CN2C(=O)[C@@H](NC(=O)CC2CCCCC2)C(C)(C)C)cc1. The van der Waals surface area contributed by atoms with E-state index >= 15 is 0 Å². The first-order chi connectivity index (χ1) is 53.5. The van der Waals surface area contributed by atoms with Crippen LogP contribution in [-0.2, 0) is 65.9 Å². The Hall–Kier alpha value is -8.65. The van der Waals surface area contributed by atoms with Gasteiger partial charge in [0.2, 0.25) is 23.6 Å². The standard InChI is InChI=1S/C31H35N3O5S.C31H43N3O4S.C26H29BrN2O4/c1-18(2)28(34-15-22-6-5-7-26(39-4)27(22)30(34)37)31(38)33-16-23(35)14-24(33)25(36)13-10-20-8-11-21(12-9-20)29-19(3)32-17-40-29;1-20-28(39-19-32-20)23-13-10-21(11-14-23)12-15-26(36)25-17-24(35)18-34(25)30(38)29(31(2,3)4)33-27(37)16-22-8-6-5-7-9-22;1-16(2)24(29-14-18-5-3-4-6-21(18)25(29)32)26(33)28-15-20(30)13-22(28)23(31)12-9-17-7-10-19(27)11-8-17/h5-9,11-12,17-18,23-24,28,35H,10,13-16H2,1-4H3;10-11,13-14,19,22,24-25,29,35H,5-9,12,15-18H2,1-4H3,(H,33,37);3-8,10-11,16,20,22,24,30H,9,12-15H2,1-2H3/t23-,24+,28+;24-,25+,29-;20-,22+,24+/m111/s1. The third-order valence-electron chi connectivity index (χ3n) is 22.7. The molecule has 0 radical (unpaired) electrons. The largest absolute Gasteiger partial charge is 0.496 e. The summed E-state index contributed by atoms with van der Waals surface area (Å²) in [5, 5.41) is 34.3. The summed E-state index contributed by atoms with van der Waals surface area (Å²) in [7, 11) is 1.52. The number of aliphatic hydroxyl groups is 3. The topological polar surface area (TPSA) is 278 Å². The number of thiazole rings is 2. The molecule has 7 aromatic rings. The molecule has 24 heteroatoms. The molecule has 1 saturated carbocycles. The molecule has 6 aliphatic rings. The van der Waals surface area contributed by atoms with E-state index in [2.05, 4.69) is 43.3 Å². The molecule has 0 spiro atoms. The summed E-state index contributed by atoms with van der Waals surface area (Å²) in [6.45, 7) is 18.4. The van der Waals surface area contributed by atoms with Crippen molar-refractivity contribution >= 4 is 91.4 Å². The lowest BCUT2D eigenvalue weighted by atomic mass is 9.84. The first kappa shape index (κ1) is 84.3. The van der Waals surface area contributed by atoms with E-state index in [1.54, 1.807) is 44.6 Å². The van der Waals surface area contributed by atoms with E-state index in [0.717, 1.165) is 90.2 Å². The fraction of sp³-hybridized carbons (Fsp3) is 0.489. The minimum Gasteiger partial charge on any atom is -0.496 e. The Labute approximate surface area is 674 Å². The molecule has 0 bridgehead atoms. The number of Topliss-reactive ketones (excluding diaryl/α,β-unsaturated/α-hetero) is 3. The van der Waals surface area contributed by atoms with Crippen molar-refractivity contribution in [1.29, 1.82) is 0 Å². The van der Waals surface area contributed by atoms with Crippen LogP contribution >= 0.6 is 38.6 Å². The molecule has 6 amide bonds. The van der Waals surface area contributed by atoms with Crippen molar-refractivity contribution in [3.05, 3.63) is 181 Å². The number of fused-ring (bicyclic) bond motifs is 2. The average Bonchev–Trinajstić information content (AvgIpc) is 1.62. The number of rotatable bonds is 25. The van der Waals surface area contributed by atoms with Gasteiger partial charge in [0.15, 0.2) is 17.3 Å². The molecule has 2 aromatic heterocycles. The summed E-state index contributed by atoms with van der Waals surface area (Å²) in [5.74, 6) is -0.991. The van der Waals surface area contributed by atoms with Gasteiger partial charge < -0.3 is 49.9 Å². The fourth-order valence-electron chi connectivity index (χ4n) is 16.7. The molecule has 1 aliphatic carbocycles. The Balaban J connectivity index is 0.000000167. The Morgan fingerprint density at radius 3 is 1.39 bits per heavy atom. The van der Waals surface area contributed by atoms with Crippen molar-refractivity contribution in [1.82, 2.24) is 39.8 Å². The van der Waals surface area contributed by atoms with Crippen LogP contribution in [0.5, 0.6) is 5.75 Å². The molecule has 21 nitrogen and oxygen atoms in total. The van der Waals surface area contributed by atoms with Crippen LogP contribution in [0.25, 0.3) is 20.9 Å². The summed E-state index contributed by atoms with van der Waals surface area (Å²) in [6, 6.07) is 32.7. The highest BCUT2D eigenvalue weighted by atomic mass is 79.9. The molecular weight excluding hydrogens is 1520 g/mol. The van der Waals surface area contributed by atoms with Crippen LogP contribution in [-0.4, -0.2) is 184 Å². The van der Waals surface area contributed by atoms with Crippen molar-refractivity contribution in [2.75, 3.05) is 26.7 Å². The third-order valence-corrected chi connectivity index (χ3v) is 25.2. The number of carbonyl (C=O) groups is 9. The van der Waals surface area contributed by atoms with E-state index in [1.165, 1.54) is 28.2 Å². The third kappa shape index (κ3) is 20.1. The van der Waals surface area contributed by atoms with Gasteiger partial charge in [-0.15, -0.1) is 22.7 Å². The number of halogens is 1. The molecule has 4 fully saturated rings. The van der Waals surface area contributed by atoms with E-state index in [9.17, 15) is 58.5 Å². The molecule has 9 atom stereocenters. The quantitative estimate of drug-likeness (QED) is 0.0414. The van der Waals surface area contributed by atoms with Gasteiger partial charge in [0.25, 0.3) is 11.8 Å². The predicted molar refractivity (Wildman–Crippen MR) is 436 cm³/mol. The van der Waals surface area contributed by atoms with Crippen LogP contribution in [0.2, 0.25) is 0 Å². The Bertz CT molecular complexity index is 4510. The first-order valence-electron chi connectivity index (χ1n) is 39.4. The lowest BCUT2D eigenvalue weighted by Crippen LogP contribution is -2.57. The summed E-state index contributed by atoms with van der Waals surface area (Å²) in [6.07, 6.45) is 7.05. The van der Waals surface area contributed by atoms with E-state index in [0.29, 0.717) is 68.0 Å². The van der Waals surface area contributed by atoms with Gasteiger partial charge in [-0.05, 0) is 132 Å². The summed E-state index contributed by atoms with van der Waals surface area (Å²) >= 11 is 6.62. The predicted octanol–water partition coefficient (Wildman–Crippen LogP) is 12.9. The highest BCUT2D eigenvalue weighted by Gasteiger charge is 2.49. The van der Waals surface area contributed by atoms with Gasteiger partial charge >= 0.3 is 0 Å². The monoisotopic (exact) mass is 1630 g/mol. The number of amides is 6. The number of aromatic nitrogens is 2. The van der Waals surface area contributed by atoms with Crippen LogP contribution in [0, 0.1) is 37.0 Å². The maximum atomic E-state index is 14.0. The van der Waals surface area contributed by atoms with Gasteiger partial charge in [-0.1, -0.05) is 175 Å². The number of ether oxygens (including phenoxy) is 1. The van der Waals surface area contributed by atoms with Gasteiger partial charge in [0.05, 0.1) is 81.3 Å². The Morgan fingerprint density at radius 1 is 0.554 bits per heavy atom. The molecule has 4 N–H and O–H groups in total. The number of nitrogens with one attached hydrogen (secondary N) is 1. The van der Waals surface area contributed by atoms with Gasteiger partial charge in [-0.3, -0.25) is 43.2 Å². The molecule has 5 aliphatic heterocycles. The number of aliphatic hydroxyl groups excluding tert-OH is 3. The number of methoxy groups -OCH3 is 1. The number of hydrogen-bond donors (Lipinski definition) is 4. The molecular formula is C88H107BrN8O13S2. The number of ketones is 3. The second kappa shape index (κ2) is 37.5. The molecule has 5 aromatic carbocycles. The van der Waals surface area contributed by atoms with Crippen molar-refractivity contribution in [2.24, 2.45) is 23.2 Å². The molecule has 13 rings (SSSR count). The zero-order valence-corrected chi connectivity index (χ0v) is 69.2. The Kier molecular flexibility index (Phi) is 28.2. The van der Waals surface area contributed by atoms with Crippen LogP contribution in [0.15, 0.2) is 131 Å². The summed E-state index contributed by atoms with van der Waals surface area (Å²) in [5.41, 5.74) is 13.3. The van der Waals surface area contributed by atoms with Crippen LogP contribution < -0.4 is 10.1 Å². The minimum absolute atomic E-state index is 0.0523. The summed E-state index contributed by atoms with van der Waals surface area (Å²) in [4.78, 5) is 139. The Morgan fingerprint density at radius 2 is 0.973 bits per heavy atom. The first-order valence-corrected chi connectivity index (χ1v) is 42.0. The number of benzene rings is 5. The zero-order valence-electron chi connectivity index (χ0n) is 65.9. The lowest BCUT2D eigenvalue weighted by Gasteiger charge is -2.35. The van der Waals surface area contributed by atoms with E-state index in [4.69, 9.17) is 4.74 Å². The lowest BCUT2D eigenvalue weighted by molar-refractivity contribution is -0.143. The maximum absolute atomic E-state index is 14.0. The number of likely N-dealkylation sites (tertiary alicyclic amines) is 3. The van der Waals surface area contributed by atoms with E-state index < -0.39 is 60.0 Å². The number of carbonyl (C=O) groups excluding carboxylic acids is 9. The zero-order chi connectivity index (χ0) is 80.4. The maximum Gasteiger partial charge on any atom is 0.258 e. The summed E-state index contributed by atoms with van der Waals surface area (Å²) < 4.78 is 6.39. The second-order valence-corrected chi connectivity index (χ2v) is 35.2. The molecule has 112 heavy (non-hydrogen) atoms. The highest BCUT2D eigenvalue weighted by molar-refractivity contribution is 9.10. The normalized spacial score (nSPS) is 20.4. The van der Waals surface area contributed by atoms with Gasteiger partial charge in [0, 0.05) is 87.7 Å². The molecule has 7 heterocycles. The molecule has 596 valence electrons. The van der Waals surface area contributed by atoms with E-state index in [1.807, 2.05) is 164 Å². The average molecular weight is 1630 g/mol. The highest BCUT2D eigenvalue weighted by Crippen LogP contribution is 2.38. The van der Waals surface area contributed by atoms with Crippen molar-refractivity contribution in [2.45, 2.75) is 226 Å². The van der Waals surface area contributed by atoms with Gasteiger partial charge in [-0.25, -0.2) is 9.97 Å². The van der Waals surface area contributed by atoms with E-state index in [-0.39, 0.29) is 116 Å².